The van der Waals surface area contributed by atoms with Gasteiger partial charge in [-0.1, -0.05) is 34.1 Å². The number of amides is 1. The SMILES string of the molecule is CCOc1ccccc1[C@@H]1SC[C@H]2C(=O)N(c3ccc(Br)cc3)C(=S)N21. The Bertz CT molecular complexity index is 859. The van der Waals surface area contributed by atoms with Crippen molar-refractivity contribution in [2.24, 2.45) is 0 Å². The van der Waals surface area contributed by atoms with Gasteiger partial charge in [-0.3, -0.25) is 9.69 Å². The maximum atomic E-state index is 13.0. The van der Waals surface area contributed by atoms with E-state index in [0.717, 1.165) is 27.2 Å². The number of anilines is 1. The summed E-state index contributed by atoms with van der Waals surface area (Å²) in [6.07, 6.45) is 0. The molecule has 0 aromatic heterocycles. The van der Waals surface area contributed by atoms with Gasteiger partial charge in [-0.25, -0.2) is 0 Å². The topological polar surface area (TPSA) is 32.8 Å². The van der Waals surface area contributed by atoms with Crippen LogP contribution in [0.2, 0.25) is 0 Å². The van der Waals surface area contributed by atoms with Gasteiger partial charge in [-0.05, 0) is 49.5 Å². The number of nitrogens with zero attached hydrogens (tertiary/aromatic N) is 2. The van der Waals surface area contributed by atoms with E-state index in [9.17, 15) is 4.79 Å². The van der Waals surface area contributed by atoms with Gasteiger partial charge in [-0.2, -0.15) is 0 Å². The van der Waals surface area contributed by atoms with Crippen molar-refractivity contribution in [3.63, 3.8) is 0 Å². The Balaban J connectivity index is 1.68. The van der Waals surface area contributed by atoms with Gasteiger partial charge in [0.2, 0.25) is 0 Å². The zero-order chi connectivity index (χ0) is 18.3. The zero-order valence-electron chi connectivity index (χ0n) is 14.1. The first-order valence-electron chi connectivity index (χ1n) is 8.37. The van der Waals surface area contributed by atoms with E-state index < -0.39 is 0 Å². The summed E-state index contributed by atoms with van der Waals surface area (Å²) < 4.78 is 6.77. The van der Waals surface area contributed by atoms with Crippen LogP contribution in [-0.4, -0.2) is 34.3 Å². The number of benzene rings is 2. The molecule has 2 aliphatic heterocycles. The molecule has 2 aliphatic rings. The molecule has 2 heterocycles. The average Bonchev–Trinajstić information content (AvgIpc) is 3.18. The van der Waals surface area contributed by atoms with Gasteiger partial charge in [-0.15, -0.1) is 11.8 Å². The molecular weight excluding hydrogens is 432 g/mol. The molecule has 0 spiro atoms. The van der Waals surface area contributed by atoms with Crippen LogP contribution < -0.4 is 9.64 Å². The van der Waals surface area contributed by atoms with Crippen LogP contribution >= 0.6 is 39.9 Å². The molecule has 2 aromatic carbocycles. The molecule has 1 amide bonds. The Morgan fingerprint density at radius 1 is 1.23 bits per heavy atom. The summed E-state index contributed by atoms with van der Waals surface area (Å²) in [4.78, 5) is 16.7. The van der Waals surface area contributed by atoms with Crippen molar-refractivity contribution in [1.82, 2.24) is 4.90 Å². The Hall–Kier alpha value is -1.57. The van der Waals surface area contributed by atoms with E-state index in [0.29, 0.717) is 11.7 Å². The predicted molar refractivity (Wildman–Crippen MR) is 113 cm³/mol. The van der Waals surface area contributed by atoms with Crippen molar-refractivity contribution in [3.05, 3.63) is 58.6 Å². The van der Waals surface area contributed by atoms with Crippen LogP contribution in [0.1, 0.15) is 17.9 Å². The summed E-state index contributed by atoms with van der Waals surface area (Å²) in [5.74, 6) is 1.61. The fraction of sp³-hybridized carbons (Fsp3) is 0.263. The molecule has 2 aromatic rings. The molecule has 2 saturated heterocycles. The van der Waals surface area contributed by atoms with Crippen molar-refractivity contribution in [2.45, 2.75) is 18.3 Å². The summed E-state index contributed by atoms with van der Waals surface area (Å²) >= 11 is 10.9. The van der Waals surface area contributed by atoms with E-state index in [1.165, 1.54) is 0 Å². The minimum absolute atomic E-state index is 0.0142. The number of fused-ring (bicyclic) bond motifs is 1. The van der Waals surface area contributed by atoms with Crippen LogP contribution in [0.4, 0.5) is 5.69 Å². The number of hydrogen-bond donors (Lipinski definition) is 0. The molecule has 134 valence electrons. The Labute approximate surface area is 170 Å². The lowest BCUT2D eigenvalue weighted by Crippen LogP contribution is -2.33. The number of carbonyl (C=O) groups excluding carboxylic acids is 1. The lowest BCUT2D eigenvalue weighted by atomic mass is 10.1. The van der Waals surface area contributed by atoms with Crippen LogP contribution in [0.3, 0.4) is 0 Å². The van der Waals surface area contributed by atoms with Gasteiger partial charge in [0.05, 0.1) is 12.3 Å². The van der Waals surface area contributed by atoms with Crippen molar-refractivity contribution in [2.75, 3.05) is 17.3 Å². The number of ether oxygens (including phenoxy) is 1. The molecule has 7 heteroatoms. The number of para-hydroxylation sites is 1. The first-order chi connectivity index (χ1) is 12.6. The van der Waals surface area contributed by atoms with Crippen molar-refractivity contribution in [3.8, 4) is 5.75 Å². The standard InChI is InChI=1S/C19H17BrN2O2S2/c1-2-24-16-6-4-3-5-14(16)18-22-15(11-26-18)17(23)21(19(22)25)13-9-7-12(20)8-10-13/h3-10,15,18H,2,11H2,1H3/t15-,18-/m0/s1. The predicted octanol–water partition coefficient (Wildman–Crippen LogP) is 4.60. The molecule has 0 N–H and O–H groups in total. The number of rotatable bonds is 4. The van der Waals surface area contributed by atoms with E-state index in [4.69, 9.17) is 17.0 Å². The Morgan fingerprint density at radius 3 is 2.69 bits per heavy atom. The first kappa shape index (κ1) is 17.8. The van der Waals surface area contributed by atoms with Gasteiger partial charge in [0.15, 0.2) is 5.11 Å². The third-order valence-corrected chi connectivity index (χ3v) is 6.71. The molecule has 26 heavy (non-hydrogen) atoms. The second-order valence-electron chi connectivity index (χ2n) is 6.01. The molecule has 2 atom stereocenters. The molecule has 0 saturated carbocycles. The van der Waals surface area contributed by atoms with Gasteiger partial charge < -0.3 is 9.64 Å². The smallest absolute Gasteiger partial charge is 0.257 e. The second kappa shape index (κ2) is 7.21. The lowest BCUT2D eigenvalue weighted by molar-refractivity contribution is -0.119. The molecular formula is C19H17BrN2O2S2. The number of thiocarbonyl (C=S) groups is 1. The van der Waals surface area contributed by atoms with Gasteiger partial charge >= 0.3 is 0 Å². The van der Waals surface area contributed by atoms with E-state index in [1.807, 2.05) is 49.4 Å². The van der Waals surface area contributed by atoms with Crippen LogP contribution in [-0.2, 0) is 4.79 Å². The van der Waals surface area contributed by atoms with Crippen molar-refractivity contribution in [1.29, 1.82) is 0 Å². The maximum Gasteiger partial charge on any atom is 0.257 e. The quantitative estimate of drug-likeness (QED) is 0.638. The second-order valence-corrected chi connectivity index (χ2v) is 8.41. The number of thioether (sulfide) groups is 1. The highest BCUT2D eigenvalue weighted by atomic mass is 79.9. The van der Waals surface area contributed by atoms with Crippen molar-refractivity contribution >= 4 is 56.6 Å². The minimum atomic E-state index is -0.226. The summed E-state index contributed by atoms with van der Waals surface area (Å²) in [6, 6.07) is 15.4. The largest absolute Gasteiger partial charge is 0.493 e. The first-order valence-corrected chi connectivity index (χ1v) is 10.6. The van der Waals surface area contributed by atoms with E-state index in [-0.39, 0.29) is 17.3 Å². The highest BCUT2D eigenvalue weighted by Gasteiger charge is 2.51. The van der Waals surface area contributed by atoms with Crippen LogP contribution in [0.5, 0.6) is 5.75 Å². The Morgan fingerprint density at radius 2 is 1.96 bits per heavy atom. The monoisotopic (exact) mass is 448 g/mol. The fourth-order valence-corrected chi connectivity index (χ4v) is 5.54. The summed E-state index contributed by atoms with van der Waals surface area (Å²) in [5, 5.41) is 0.545. The molecule has 4 rings (SSSR count). The molecule has 0 aliphatic carbocycles. The number of halogens is 1. The third kappa shape index (κ3) is 2.92. The highest BCUT2D eigenvalue weighted by Crippen LogP contribution is 2.48. The Kier molecular flexibility index (Phi) is 4.94. The van der Waals surface area contributed by atoms with Gasteiger partial charge in [0, 0.05) is 15.8 Å². The lowest BCUT2D eigenvalue weighted by Gasteiger charge is -2.26. The van der Waals surface area contributed by atoms with Crippen LogP contribution in [0.15, 0.2) is 53.0 Å². The normalized spacial score (nSPS) is 22.1. The van der Waals surface area contributed by atoms with E-state index in [1.54, 1.807) is 16.7 Å². The fourth-order valence-electron chi connectivity index (χ4n) is 3.33. The van der Waals surface area contributed by atoms with Gasteiger partial charge in [0.1, 0.15) is 17.2 Å². The third-order valence-electron chi connectivity index (χ3n) is 4.49. The average molecular weight is 449 g/mol. The summed E-state index contributed by atoms with van der Waals surface area (Å²) in [5.41, 5.74) is 1.87. The van der Waals surface area contributed by atoms with E-state index in [2.05, 4.69) is 26.9 Å². The van der Waals surface area contributed by atoms with Crippen molar-refractivity contribution < 1.29 is 9.53 Å². The molecule has 0 bridgehead atoms. The van der Waals surface area contributed by atoms with Gasteiger partial charge in [0.25, 0.3) is 5.91 Å². The highest BCUT2D eigenvalue weighted by molar-refractivity contribution is 9.10. The molecule has 2 fully saturated rings. The number of carbonyl (C=O) groups is 1. The minimum Gasteiger partial charge on any atom is -0.493 e. The van der Waals surface area contributed by atoms with Crippen LogP contribution in [0.25, 0.3) is 0 Å². The molecule has 0 radical (unpaired) electrons. The van der Waals surface area contributed by atoms with Crippen LogP contribution in [0, 0.1) is 0 Å². The zero-order valence-corrected chi connectivity index (χ0v) is 17.3. The summed E-state index contributed by atoms with van der Waals surface area (Å²) in [7, 11) is 0. The summed E-state index contributed by atoms with van der Waals surface area (Å²) in [6.45, 7) is 2.58. The molecule has 4 nitrogen and oxygen atoms in total. The number of hydrogen-bond acceptors (Lipinski definition) is 4. The molecule has 0 unspecified atom stereocenters. The van der Waals surface area contributed by atoms with E-state index >= 15 is 0 Å². The maximum absolute atomic E-state index is 13.0.